The highest BCUT2D eigenvalue weighted by Crippen LogP contribution is 2.37. The SMILES string of the molecule is CC[C@H](CO)NCc1cc(Cl)c(OCc2cccc(Cl)c2)c(OC)c1. The second-order valence-electron chi connectivity index (χ2n) is 5.70. The molecule has 0 aliphatic carbocycles. The normalized spacial score (nSPS) is 12.0. The van der Waals surface area contributed by atoms with Gasteiger partial charge in [0.05, 0.1) is 18.7 Å². The van der Waals surface area contributed by atoms with Crippen molar-refractivity contribution in [2.75, 3.05) is 13.7 Å². The average Bonchev–Trinajstić information content (AvgIpc) is 2.61. The molecule has 136 valence electrons. The molecule has 2 aromatic rings. The van der Waals surface area contributed by atoms with Crippen LogP contribution >= 0.6 is 23.2 Å². The van der Waals surface area contributed by atoms with Gasteiger partial charge >= 0.3 is 0 Å². The van der Waals surface area contributed by atoms with E-state index in [-0.39, 0.29) is 12.6 Å². The Bertz CT molecular complexity index is 690. The van der Waals surface area contributed by atoms with Crippen LogP contribution in [0.2, 0.25) is 10.0 Å². The van der Waals surface area contributed by atoms with E-state index in [2.05, 4.69) is 5.32 Å². The third-order valence-corrected chi connectivity index (χ3v) is 4.39. The Morgan fingerprint density at radius 2 is 1.96 bits per heavy atom. The highest BCUT2D eigenvalue weighted by atomic mass is 35.5. The Hall–Kier alpha value is -1.46. The lowest BCUT2D eigenvalue weighted by molar-refractivity contribution is 0.238. The molecule has 0 saturated carbocycles. The fraction of sp³-hybridized carbons (Fsp3) is 0.368. The molecule has 2 aromatic carbocycles. The van der Waals surface area contributed by atoms with Gasteiger partial charge in [-0.3, -0.25) is 0 Å². The Kier molecular flexibility index (Phi) is 7.85. The van der Waals surface area contributed by atoms with Crippen molar-refractivity contribution >= 4 is 23.2 Å². The first-order valence-corrected chi connectivity index (χ1v) is 8.90. The Labute approximate surface area is 158 Å². The number of nitrogens with one attached hydrogen (secondary N) is 1. The summed E-state index contributed by atoms with van der Waals surface area (Å²) < 4.78 is 11.3. The number of halogens is 2. The van der Waals surface area contributed by atoms with Crippen LogP contribution < -0.4 is 14.8 Å². The minimum Gasteiger partial charge on any atom is -0.493 e. The molecule has 0 radical (unpaired) electrons. The van der Waals surface area contributed by atoms with Crippen LogP contribution in [-0.2, 0) is 13.2 Å². The predicted octanol–water partition coefficient (Wildman–Crippen LogP) is 4.44. The van der Waals surface area contributed by atoms with Crippen LogP contribution in [0.4, 0.5) is 0 Å². The van der Waals surface area contributed by atoms with E-state index in [0.29, 0.717) is 34.7 Å². The van der Waals surface area contributed by atoms with Crippen molar-refractivity contribution in [2.24, 2.45) is 0 Å². The van der Waals surface area contributed by atoms with Gasteiger partial charge in [0.1, 0.15) is 6.61 Å². The van der Waals surface area contributed by atoms with Crippen molar-refractivity contribution in [1.82, 2.24) is 5.32 Å². The Morgan fingerprint density at radius 1 is 1.16 bits per heavy atom. The van der Waals surface area contributed by atoms with Crippen LogP contribution in [0.3, 0.4) is 0 Å². The summed E-state index contributed by atoms with van der Waals surface area (Å²) >= 11 is 12.4. The maximum atomic E-state index is 9.26. The van der Waals surface area contributed by atoms with Gasteiger partial charge in [-0.1, -0.05) is 42.3 Å². The van der Waals surface area contributed by atoms with Crippen LogP contribution in [0.5, 0.6) is 11.5 Å². The largest absolute Gasteiger partial charge is 0.493 e. The lowest BCUT2D eigenvalue weighted by Gasteiger charge is -2.17. The minimum atomic E-state index is 0.0588. The van der Waals surface area contributed by atoms with E-state index in [4.69, 9.17) is 32.7 Å². The van der Waals surface area contributed by atoms with E-state index < -0.39 is 0 Å². The lowest BCUT2D eigenvalue weighted by Crippen LogP contribution is -2.31. The van der Waals surface area contributed by atoms with Crippen molar-refractivity contribution in [3.63, 3.8) is 0 Å². The van der Waals surface area contributed by atoms with Gasteiger partial charge in [-0.2, -0.15) is 0 Å². The van der Waals surface area contributed by atoms with Crippen molar-refractivity contribution in [2.45, 2.75) is 32.5 Å². The maximum absolute atomic E-state index is 9.26. The number of rotatable bonds is 9. The predicted molar refractivity (Wildman–Crippen MR) is 102 cm³/mol. The summed E-state index contributed by atoms with van der Waals surface area (Å²) in [5.74, 6) is 1.07. The molecule has 0 aliphatic heterocycles. The van der Waals surface area contributed by atoms with Crippen LogP contribution in [0.25, 0.3) is 0 Å². The van der Waals surface area contributed by atoms with Crippen molar-refractivity contribution in [3.05, 3.63) is 57.6 Å². The van der Waals surface area contributed by atoms with Crippen molar-refractivity contribution < 1.29 is 14.6 Å². The summed E-state index contributed by atoms with van der Waals surface area (Å²) in [4.78, 5) is 0. The molecule has 0 spiro atoms. The van der Waals surface area contributed by atoms with Gasteiger partial charge in [-0.15, -0.1) is 0 Å². The van der Waals surface area contributed by atoms with Crippen molar-refractivity contribution in [1.29, 1.82) is 0 Å². The number of methoxy groups -OCH3 is 1. The molecule has 0 aliphatic rings. The van der Waals surface area contributed by atoms with Crippen LogP contribution in [0.15, 0.2) is 36.4 Å². The first kappa shape index (κ1) is 19.9. The van der Waals surface area contributed by atoms with Crippen LogP contribution in [0.1, 0.15) is 24.5 Å². The molecule has 6 heteroatoms. The summed E-state index contributed by atoms with van der Waals surface area (Å²) in [5, 5.41) is 13.7. The molecule has 0 amide bonds. The zero-order valence-electron chi connectivity index (χ0n) is 14.4. The first-order valence-electron chi connectivity index (χ1n) is 8.15. The molecule has 0 unspecified atom stereocenters. The number of hydrogen-bond donors (Lipinski definition) is 2. The molecule has 25 heavy (non-hydrogen) atoms. The second-order valence-corrected chi connectivity index (χ2v) is 6.54. The zero-order valence-corrected chi connectivity index (χ0v) is 15.9. The van der Waals surface area contributed by atoms with E-state index >= 15 is 0 Å². The van der Waals surface area contributed by atoms with Gasteiger partial charge in [-0.05, 0) is 41.8 Å². The third-order valence-electron chi connectivity index (χ3n) is 3.87. The molecule has 2 rings (SSSR count). The number of benzene rings is 2. The summed E-state index contributed by atoms with van der Waals surface area (Å²) in [7, 11) is 1.58. The molecule has 0 aromatic heterocycles. The fourth-order valence-electron chi connectivity index (χ4n) is 2.40. The number of aliphatic hydroxyl groups excluding tert-OH is 1. The van der Waals surface area contributed by atoms with E-state index in [1.807, 2.05) is 43.3 Å². The van der Waals surface area contributed by atoms with Crippen LogP contribution in [-0.4, -0.2) is 24.9 Å². The quantitative estimate of drug-likeness (QED) is 0.671. The van der Waals surface area contributed by atoms with Crippen LogP contribution in [0, 0.1) is 0 Å². The molecule has 1 atom stereocenters. The summed E-state index contributed by atoms with van der Waals surface area (Å²) in [6.45, 7) is 3.05. The second kappa shape index (κ2) is 9.88. The maximum Gasteiger partial charge on any atom is 0.180 e. The van der Waals surface area contributed by atoms with E-state index in [1.54, 1.807) is 7.11 Å². The third kappa shape index (κ3) is 5.79. The Morgan fingerprint density at radius 3 is 2.60 bits per heavy atom. The van der Waals surface area contributed by atoms with E-state index in [0.717, 1.165) is 17.5 Å². The smallest absolute Gasteiger partial charge is 0.180 e. The van der Waals surface area contributed by atoms with Gasteiger partial charge in [0.2, 0.25) is 0 Å². The number of aliphatic hydroxyl groups is 1. The molecule has 0 fully saturated rings. The molecule has 0 heterocycles. The van der Waals surface area contributed by atoms with Gasteiger partial charge in [0.25, 0.3) is 0 Å². The standard InChI is InChI=1S/C19H23Cl2NO3/c1-3-16(11-23)22-10-14-8-17(21)19(18(9-14)24-2)25-12-13-5-4-6-15(20)7-13/h4-9,16,22-23H,3,10-12H2,1-2H3/t16-/m1/s1. The van der Waals surface area contributed by atoms with E-state index in [1.165, 1.54) is 0 Å². The lowest BCUT2D eigenvalue weighted by atomic mass is 10.1. The zero-order chi connectivity index (χ0) is 18.2. The monoisotopic (exact) mass is 383 g/mol. The molecular formula is C19H23Cl2NO3. The van der Waals surface area contributed by atoms with Crippen molar-refractivity contribution in [3.8, 4) is 11.5 Å². The van der Waals surface area contributed by atoms with Gasteiger partial charge in [0, 0.05) is 17.6 Å². The summed E-state index contributed by atoms with van der Waals surface area (Å²) in [6, 6.07) is 11.3. The highest BCUT2D eigenvalue weighted by molar-refractivity contribution is 6.32. The molecule has 4 nitrogen and oxygen atoms in total. The van der Waals surface area contributed by atoms with Gasteiger partial charge in [-0.25, -0.2) is 0 Å². The Balaban J connectivity index is 2.10. The molecular weight excluding hydrogens is 361 g/mol. The number of hydrogen-bond acceptors (Lipinski definition) is 4. The molecule has 0 saturated heterocycles. The minimum absolute atomic E-state index is 0.0588. The molecule has 0 bridgehead atoms. The highest BCUT2D eigenvalue weighted by Gasteiger charge is 2.13. The van der Waals surface area contributed by atoms with E-state index in [9.17, 15) is 5.11 Å². The van der Waals surface area contributed by atoms with Gasteiger partial charge in [0.15, 0.2) is 11.5 Å². The first-order chi connectivity index (χ1) is 12.1. The number of ether oxygens (including phenoxy) is 2. The average molecular weight is 384 g/mol. The van der Waals surface area contributed by atoms with Gasteiger partial charge < -0.3 is 19.9 Å². The summed E-state index contributed by atoms with van der Waals surface area (Å²) in [6.07, 6.45) is 0.849. The fourth-order valence-corrected chi connectivity index (χ4v) is 2.90. The molecule has 2 N–H and O–H groups in total. The topological polar surface area (TPSA) is 50.7 Å². The summed E-state index contributed by atoms with van der Waals surface area (Å²) in [5.41, 5.74) is 1.91.